The van der Waals surface area contributed by atoms with Crippen LogP contribution in [0.15, 0.2) is 48.5 Å². The van der Waals surface area contributed by atoms with E-state index in [9.17, 15) is 0 Å². The molecule has 0 aliphatic heterocycles. The Morgan fingerprint density at radius 1 is 0.889 bits per heavy atom. The minimum atomic E-state index is 0.270. The van der Waals surface area contributed by atoms with Gasteiger partial charge in [0.25, 0.3) is 0 Å². The van der Waals surface area contributed by atoms with Gasteiger partial charge in [0.15, 0.2) is 0 Å². The highest BCUT2D eigenvalue weighted by atomic mass is 35.5. The molecule has 0 spiro atoms. The van der Waals surface area contributed by atoms with E-state index in [4.69, 9.17) is 21.1 Å². The molecule has 1 heterocycles. The summed E-state index contributed by atoms with van der Waals surface area (Å²) in [4.78, 5) is 8.55. The molecule has 2 aromatic carbocycles. The Morgan fingerprint density at radius 3 is 2.44 bits per heavy atom. The van der Waals surface area contributed by atoms with Crippen LogP contribution in [0.1, 0.15) is 25.7 Å². The predicted molar refractivity (Wildman–Crippen MR) is 110 cm³/mol. The van der Waals surface area contributed by atoms with Gasteiger partial charge >= 0.3 is 0 Å². The van der Waals surface area contributed by atoms with E-state index in [-0.39, 0.29) is 5.28 Å². The normalized spacial score (nSPS) is 10.7. The number of anilines is 1. The molecule has 1 aromatic heterocycles. The molecular weight excluding hydrogens is 362 g/mol. The molecule has 1 N–H and O–H groups in total. The number of hydrogen-bond acceptors (Lipinski definition) is 5. The summed E-state index contributed by atoms with van der Waals surface area (Å²) >= 11 is 6.01. The maximum absolute atomic E-state index is 6.01. The second-order valence-corrected chi connectivity index (χ2v) is 6.56. The highest BCUT2D eigenvalue weighted by Gasteiger charge is 2.05. The molecular formula is C21H24ClN3O2. The van der Waals surface area contributed by atoms with Crippen molar-refractivity contribution in [2.45, 2.75) is 25.7 Å². The number of halogens is 1. The van der Waals surface area contributed by atoms with Gasteiger partial charge in [-0.2, -0.15) is 0 Å². The van der Waals surface area contributed by atoms with Gasteiger partial charge in [0.1, 0.15) is 17.3 Å². The van der Waals surface area contributed by atoms with Crippen molar-refractivity contribution in [3.8, 4) is 11.5 Å². The number of hydrogen-bond donors (Lipinski definition) is 1. The van der Waals surface area contributed by atoms with Crippen LogP contribution >= 0.6 is 11.6 Å². The molecule has 0 aliphatic carbocycles. The molecule has 3 aromatic rings. The second-order valence-electron chi connectivity index (χ2n) is 6.22. The lowest BCUT2D eigenvalue weighted by Gasteiger charge is -2.09. The zero-order chi connectivity index (χ0) is 18.9. The molecule has 0 bridgehead atoms. The lowest BCUT2D eigenvalue weighted by molar-refractivity contribution is 0.304. The van der Waals surface area contributed by atoms with Crippen molar-refractivity contribution in [3.63, 3.8) is 0 Å². The maximum atomic E-state index is 6.01. The second kappa shape index (κ2) is 9.97. The van der Waals surface area contributed by atoms with Crippen LogP contribution in [0.5, 0.6) is 11.5 Å². The van der Waals surface area contributed by atoms with Gasteiger partial charge < -0.3 is 14.8 Å². The summed E-state index contributed by atoms with van der Waals surface area (Å²) in [7, 11) is 1.66. The molecule has 6 heteroatoms. The highest BCUT2D eigenvalue weighted by molar-refractivity contribution is 6.28. The lowest BCUT2D eigenvalue weighted by atomic mass is 10.2. The number of para-hydroxylation sites is 1. The van der Waals surface area contributed by atoms with E-state index in [0.29, 0.717) is 0 Å². The third-order valence-electron chi connectivity index (χ3n) is 4.27. The van der Waals surface area contributed by atoms with Crippen LogP contribution in [-0.4, -0.2) is 30.2 Å². The van der Waals surface area contributed by atoms with E-state index in [0.717, 1.165) is 67.1 Å². The molecule has 0 atom stereocenters. The number of ether oxygens (including phenoxy) is 2. The summed E-state index contributed by atoms with van der Waals surface area (Å²) in [6.07, 6.45) is 4.37. The fourth-order valence-corrected chi connectivity index (χ4v) is 3.01. The van der Waals surface area contributed by atoms with Crippen LogP contribution in [-0.2, 0) is 0 Å². The van der Waals surface area contributed by atoms with Crippen molar-refractivity contribution in [1.82, 2.24) is 9.97 Å². The highest BCUT2D eigenvalue weighted by Crippen LogP contribution is 2.22. The van der Waals surface area contributed by atoms with Crippen molar-refractivity contribution in [2.75, 3.05) is 25.6 Å². The minimum absolute atomic E-state index is 0.270. The van der Waals surface area contributed by atoms with Crippen LogP contribution in [0.3, 0.4) is 0 Å². The van der Waals surface area contributed by atoms with Gasteiger partial charge in [0.05, 0.1) is 19.2 Å². The number of aromatic nitrogens is 2. The number of fused-ring (bicyclic) bond motifs is 1. The van der Waals surface area contributed by atoms with Crippen molar-refractivity contribution in [2.24, 2.45) is 0 Å². The van der Waals surface area contributed by atoms with Crippen LogP contribution in [0.2, 0.25) is 5.28 Å². The smallest absolute Gasteiger partial charge is 0.224 e. The molecule has 0 fully saturated rings. The van der Waals surface area contributed by atoms with Gasteiger partial charge in [-0.05, 0) is 60.8 Å². The van der Waals surface area contributed by atoms with Crippen LogP contribution < -0.4 is 14.8 Å². The topological polar surface area (TPSA) is 56.3 Å². The molecule has 5 nitrogen and oxygen atoms in total. The average molecular weight is 386 g/mol. The standard InChI is InChI=1S/C21H24ClN3O2/c1-26-16-10-12-17(13-11-16)27-15-7-3-2-6-14-23-20-18-8-4-5-9-19(18)24-21(22)25-20/h4-5,8-13H,2-3,6-7,14-15H2,1H3,(H,23,24,25). The fourth-order valence-electron chi connectivity index (χ4n) is 2.83. The Kier molecular flexibility index (Phi) is 7.11. The largest absolute Gasteiger partial charge is 0.497 e. The van der Waals surface area contributed by atoms with E-state index in [1.165, 1.54) is 0 Å². The number of benzene rings is 2. The Balaban J connectivity index is 1.33. The van der Waals surface area contributed by atoms with Crippen molar-refractivity contribution in [3.05, 3.63) is 53.8 Å². The molecule has 3 rings (SSSR count). The van der Waals surface area contributed by atoms with Crippen molar-refractivity contribution < 1.29 is 9.47 Å². The predicted octanol–water partition coefficient (Wildman–Crippen LogP) is 5.34. The summed E-state index contributed by atoms with van der Waals surface area (Å²) in [6.45, 7) is 1.59. The number of nitrogens with one attached hydrogen (secondary N) is 1. The van der Waals surface area contributed by atoms with Gasteiger partial charge in [-0.25, -0.2) is 9.97 Å². The monoisotopic (exact) mass is 385 g/mol. The Labute approximate surface area is 164 Å². The summed E-state index contributed by atoms with van der Waals surface area (Å²) < 4.78 is 10.9. The van der Waals surface area contributed by atoms with E-state index >= 15 is 0 Å². The van der Waals surface area contributed by atoms with E-state index in [1.807, 2.05) is 48.5 Å². The summed E-state index contributed by atoms with van der Waals surface area (Å²) in [5, 5.41) is 4.64. The van der Waals surface area contributed by atoms with Crippen LogP contribution in [0, 0.1) is 0 Å². The molecule has 0 aliphatic rings. The van der Waals surface area contributed by atoms with Crippen LogP contribution in [0.4, 0.5) is 5.82 Å². The SMILES string of the molecule is COc1ccc(OCCCCCCNc2nc(Cl)nc3ccccc23)cc1. The first kappa shape index (κ1) is 19.2. The van der Waals surface area contributed by atoms with E-state index in [1.54, 1.807) is 7.11 Å². The lowest BCUT2D eigenvalue weighted by Crippen LogP contribution is -2.05. The van der Waals surface area contributed by atoms with Crippen LogP contribution in [0.25, 0.3) is 10.9 Å². The first-order valence-corrected chi connectivity index (χ1v) is 9.57. The van der Waals surface area contributed by atoms with E-state index in [2.05, 4.69) is 15.3 Å². The van der Waals surface area contributed by atoms with Crippen molar-refractivity contribution in [1.29, 1.82) is 0 Å². The van der Waals surface area contributed by atoms with Gasteiger partial charge in [-0.3, -0.25) is 0 Å². The average Bonchev–Trinajstić information content (AvgIpc) is 2.70. The molecule has 27 heavy (non-hydrogen) atoms. The first-order valence-electron chi connectivity index (χ1n) is 9.19. The van der Waals surface area contributed by atoms with E-state index < -0.39 is 0 Å². The Bertz CT molecular complexity index is 856. The summed E-state index contributed by atoms with van der Waals surface area (Å²) in [6, 6.07) is 15.5. The molecule has 0 amide bonds. The van der Waals surface area contributed by atoms with Gasteiger partial charge in [-0.15, -0.1) is 0 Å². The maximum Gasteiger partial charge on any atom is 0.224 e. The summed E-state index contributed by atoms with van der Waals surface area (Å²) in [5.41, 5.74) is 0.857. The third-order valence-corrected chi connectivity index (χ3v) is 4.44. The quantitative estimate of drug-likeness (QED) is 0.377. The number of unbranched alkanes of at least 4 members (excludes halogenated alkanes) is 3. The molecule has 0 saturated heterocycles. The first-order chi connectivity index (χ1) is 13.3. The molecule has 0 saturated carbocycles. The third kappa shape index (κ3) is 5.73. The van der Waals surface area contributed by atoms with Gasteiger partial charge in [0, 0.05) is 11.9 Å². The Morgan fingerprint density at radius 2 is 1.63 bits per heavy atom. The zero-order valence-electron chi connectivity index (χ0n) is 15.5. The van der Waals surface area contributed by atoms with Crippen molar-refractivity contribution >= 4 is 28.3 Å². The molecule has 0 unspecified atom stereocenters. The minimum Gasteiger partial charge on any atom is -0.497 e. The fraction of sp³-hybridized carbons (Fsp3) is 0.333. The molecule has 142 valence electrons. The van der Waals surface area contributed by atoms with Gasteiger partial charge in [-0.1, -0.05) is 25.0 Å². The van der Waals surface area contributed by atoms with Gasteiger partial charge in [0.2, 0.25) is 5.28 Å². The number of nitrogens with zero attached hydrogens (tertiary/aromatic N) is 2. The number of methoxy groups -OCH3 is 1. The zero-order valence-corrected chi connectivity index (χ0v) is 16.2. The molecule has 0 radical (unpaired) electrons. The number of rotatable bonds is 10. The summed E-state index contributed by atoms with van der Waals surface area (Å²) in [5.74, 6) is 2.52. The Hall–Kier alpha value is -2.53.